The van der Waals surface area contributed by atoms with Gasteiger partial charge in [-0.15, -0.1) is 0 Å². The van der Waals surface area contributed by atoms with Crippen molar-refractivity contribution in [3.8, 4) is 0 Å². The summed E-state index contributed by atoms with van der Waals surface area (Å²) in [6.45, 7) is 14.6. The molecule has 0 aromatic rings. The molecule has 0 nitrogen and oxygen atoms in total. The molecule has 0 N–H and O–H groups in total. The molecule has 0 saturated heterocycles. The maximum Gasteiger partial charge on any atom is -0.0234 e. The molecule has 0 heteroatoms. The standard InChI is InChI=1S/C18H30/c1-6-11-17(9-4)15-10-14-16(5)18(12-7-2)13-8-3/h7-8,12-13,17H,2,5-6,9-11,14-15H2,1,3-4H3/b13-8-,18-12+. The number of rotatable bonds is 10. The third kappa shape index (κ3) is 7.32. The Morgan fingerprint density at radius 2 is 1.94 bits per heavy atom. The van der Waals surface area contributed by atoms with E-state index in [1.165, 1.54) is 43.3 Å². The molecular formula is C18H30. The summed E-state index contributed by atoms with van der Waals surface area (Å²) in [5.41, 5.74) is 2.45. The van der Waals surface area contributed by atoms with E-state index >= 15 is 0 Å². The Hall–Kier alpha value is -1.04. The van der Waals surface area contributed by atoms with Crippen LogP contribution in [0.3, 0.4) is 0 Å². The van der Waals surface area contributed by atoms with Crippen LogP contribution in [-0.4, -0.2) is 0 Å². The summed E-state index contributed by atoms with van der Waals surface area (Å²) in [5, 5.41) is 0. The number of hydrogen-bond donors (Lipinski definition) is 0. The molecule has 0 aliphatic heterocycles. The van der Waals surface area contributed by atoms with Crippen LogP contribution in [0.15, 0.2) is 48.6 Å². The number of hydrogen-bond acceptors (Lipinski definition) is 0. The lowest BCUT2D eigenvalue weighted by molar-refractivity contribution is 0.420. The number of allylic oxidation sites excluding steroid dienone is 6. The van der Waals surface area contributed by atoms with E-state index in [1.807, 2.05) is 19.1 Å². The second kappa shape index (κ2) is 11.1. The summed E-state index contributed by atoms with van der Waals surface area (Å²) in [6.07, 6.45) is 15.7. The van der Waals surface area contributed by atoms with Crippen LogP contribution in [0, 0.1) is 5.92 Å². The van der Waals surface area contributed by atoms with Crippen molar-refractivity contribution in [2.75, 3.05) is 0 Å². The largest absolute Gasteiger partial charge is 0.0990 e. The van der Waals surface area contributed by atoms with Crippen molar-refractivity contribution in [2.24, 2.45) is 5.92 Å². The zero-order valence-corrected chi connectivity index (χ0v) is 12.5. The van der Waals surface area contributed by atoms with E-state index in [4.69, 9.17) is 0 Å². The molecule has 0 heterocycles. The minimum absolute atomic E-state index is 0.899. The lowest BCUT2D eigenvalue weighted by Gasteiger charge is -2.14. The minimum Gasteiger partial charge on any atom is -0.0990 e. The van der Waals surface area contributed by atoms with E-state index in [0.717, 1.165) is 12.3 Å². The van der Waals surface area contributed by atoms with Crippen molar-refractivity contribution >= 4 is 0 Å². The summed E-state index contributed by atoms with van der Waals surface area (Å²) in [7, 11) is 0. The van der Waals surface area contributed by atoms with Crippen LogP contribution in [-0.2, 0) is 0 Å². The minimum atomic E-state index is 0.899. The fourth-order valence-corrected chi connectivity index (χ4v) is 2.31. The van der Waals surface area contributed by atoms with Gasteiger partial charge in [0, 0.05) is 0 Å². The zero-order valence-electron chi connectivity index (χ0n) is 12.5. The molecule has 102 valence electrons. The molecular weight excluding hydrogens is 216 g/mol. The highest BCUT2D eigenvalue weighted by Gasteiger charge is 2.06. The van der Waals surface area contributed by atoms with Gasteiger partial charge in [-0.25, -0.2) is 0 Å². The first-order valence-electron chi connectivity index (χ1n) is 7.33. The maximum atomic E-state index is 4.19. The van der Waals surface area contributed by atoms with E-state index in [1.54, 1.807) is 0 Å². The first-order chi connectivity index (χ1) is 8.69. The van der Waals surface area contributed by atoms with Crippen LogP contribution >= 0.6 is 0 Å². The van der Waals surface area contributed by atoms with Crippen molar-refractivity contribution in [3.63, 3.8) is 0 Å². The molecule has 1 unspecified atom stereocenters. The zero-order chi connectivity index (χ0) is 13.8. The van der Waals surface area contributed by atoms with Gasteiger partial charge >= 0.3 is 0 Å². The monoisotopic (exact) mass is 246 g/mol. The van der Waals surface area contributed by atoms with Crippen LogP contribution in [0.4, 0.5) is 0 Å². The van der Waals surface area contributed by atoms with Gasteiger partial charge in [0.2, 0.25) is 0 Å². The van der Waals surface area contributed by atoms with Gasteiger partial charge in [0.05, 0.1) is 0 Å². The first-order valence-corrected chi connectivity index (χ1v) is 7.33. The normalized spacial score (nSPS) is 13.8. The highest BCUT2D eigenvalue weighted by molar-refractivity contribution is 5.39. The highest BCUT2D eigenvalue weighted by atomic mass is 14.1. The van der Waals surface area contributed by atoms with Crippen molar-refractivity contribution in [3.05, 3.63) is 48.6 Å². The van der Waals surface area contributed by atoms with Gasteiger partial charge in [-0.1, -0.05) is 77.0 Å². The van der Waals surface area contributed by atoms with Crippen LogP contribution in [0.25, 0.3) is 0 Å². The van der Waals surface area contributed by atoms with Crippen LogP contribution < -0.4 is 0 Å². The van der Waals surface area contributed by atoms with E-state index in [0.29, 0.717) is 0 Å². The molecule has 0 aromatic heterocycles. The molecule has 0 aliphatic rings. The predicted molar refractivity (Wildman–Crippen MR) is 84.8 cm³/mol. The van der Waals surface area contributed by atoms with Crippen LogP contribution in [0.5, 0.6) is 0 Å². The Bertz CT molecular complexity index is 291. The third-order valence-corrected chi connectivity index (χ3v) is 3.42. The Kier molecular flexibility index (Phi) is 10.4. The van der Waals surface area contributed by atoms with Gasteiger partial charge in [-0.3, -0.25) is 0 Å². The lowest BCUT2D eigenvalue weighted by atomic mass is 9.92. The van der Waals surface area contributed by atoms with Crippen LogP contribution in [0.2, 0.25) is 0 Å². The molecule has 0 aliphatic carbocycles. The maximum absolute atomic E-state index is 4.19. The molecule has 0 spiro atoms. The summed E-state index contributed by atoms with van der Waals surface area (Å²) < 4.78 is 0. The second-order valence-electron chi connectivity index (χ2n) is 4.92. The Labute approximate surface area is 114 Å². The average molecular weight is 246 g/mol. The molecule has 0 amide bonds. The topological polar surface area (TPSA) is 0 Å². The van der Waals surface area contributed by atoms with Crippen molar-refractivity contribution in [1.82, 2.24) is 0 Å². The van der Waals surface area contributed by atoms with E-state index < -0.39 is 0 Å². The molecule has 0 saturated carbocycles. The summed E-state index contributed by atoms with van der Waals surface area (Å²) in [5.74, 6) is 0.899. The van der Waals surface area contributed by atoms with Crippen LogP contribution in [0.1, 0.15) is 59.3 Å². The van der Waals surface area contributed by atoms with Crippen molar-refractivity contribution in [1.29, 1.82) is 0 Å². The lowest BCUT2D eigenvalue weighted by Crippen LogP contribution is -1.98. The third-order valence-electron chi connectivity index (χ3n) is 3.42. The SMILES string of the molecule is C=C/C=C(\C=C/C)C(=C)CCCC(CC)CCC. The molecule has 0 aromatic carbocycles. The first kappa shape index (κ1) is 17.0. The Morgan fingerprint density at radius 1 is 1.22 bits per heavy atom. The van der Waals surface area contributed by atoms with E-state index in [2.05, 4.69) is 39.2 Å². The summed E-state index contributed by atoms with van der Waals surface area (Å²) in [6, 6.07) is 0. The molecule has 0 rings (SSSR count). The van der Waals surface area contributed by atoms with Gasteiger partial charge in [-0.05, 0) is 36.8 Å². The molecule has 1 atom stereocenters. The molecule has 0 bridgehead atoms. The van der Waals surface area contributed by atoms with Gasteiger partial charge in [0.1, 0.15) is 0 Å². The molecule has 0 radical (unpaired) electrons. The predicted octanol–water partition coefficient (Wildman–Crippen LogP) is 6.23. The van der Waals surface area contributed by atoms with Gasteiger partial charge in [0.25, 0.3) is 0 Å². The fourth-order valence-electron chi connectivity index (χ4n) is 2.31. The van der Waals surface area contributed by atoms with E-state index in [-0.39, 0.29) is 0 Å². The highest BCUT2D eigenvalue weighted by Crippen LogP contribution is 2.22. The quantitative estimate of drug-likeness (QED) is 0.401. The smallest absolute Gasteiger partial charge is 0.0234 e. The fraction of sp³-hybridized carbons (Fsp3) is 0.556. The molecule has 0 fully saturated rings. The Morgan fingerprint density at radius 3 is 2.44 bits per heavy atom. The second-order valence-corrected chi connectivity index (χ2v) is 4.92. The van der Waals surface area contributed by atoms with Gasteiger partial charge in [-0.2, -0.15) is 0 Å². The van der Waals surface area contributed by atoms with Gasteiger partial charge in [0.15, 0.2) is 0 Å². The van der Waals surface area contributed by atoms with E-state index in [9.17, 15) is 0 Å². The van der Waals surface area contributed by atoms with Crippen molar-refractivity contribution < 1.29 is 0 Å². The summed E-state index contributed by atoms with van der Waals surface area (Å²) >= 11 is 0. The van der Waals surface area contributed by atoms with Crippen molar-refractivity contribution in [2.45, 2.75) is 59.3 Å². The Balaban J connectivity index is 4.15. The van der Waals surface area contributed by atoms with Gasteiger partial charge < -0.3 is 0 Å². The average Bonchev–Trinajstić information content (AvgIpc) is 2.37. The summed E-state index contributed by atoms with van der Waals surface area (Å²) in [4.78, 5) is 0. The molecule has 18 heavy (non-hydrogen) atoms.